The van der Waals surface area contributed by atoms with E-state index in [1.54, 1.807) is 0 Å². The van der Waals surface area contributed by atoms with Crippen LogP contribution in [0.2, 0.25) is 0 Å². The molecule has 4 heteroatoms. The van der Waals surface area contributed by atoms with Gasteiger partial charge in [0.25, 0.3) is 0 Å². The first-order chi connectivity index (χ1) is 7.66. The van der Waals surface area contributed by atoms with Gasteiger partial charge in [-0.25, -0.2) is 0 Å². The van der Waals surface area contributed by atoms with E-state index in [1.807, 2.05) is 6.92 Å². The Balaban J connectivity index is 2.21. The summed E-state index contributed by atoms with van der Waals surface area (Å²) < 4.78 is 0. The van der Waals surface area contributed by atoms with Crippen LogP contribution in [0.25, 0.3) is 0 Å². The van der Waals surface area contributed by atoms with Gasteiger partial charge in [0.05, 0.1) is 5.71 Å². The van der Waals surface area contributed by atoms with Gasteiger partial charge in [0.1, 0.15) is 0 Å². The predicted molar refractivity (Wildman–Crippen MR) is 70.6 cm³/mol. The number of hydrazone groups is 1. The van der Waals surface area contributed by atoms with Gasteiger partial charge in [-0.05, 0) is 61.2 Å². The van der Waals surface area contributed by atoms with Crippen LogP contribution in [-0.4, -0.2) is 10.8 Å². The Morgan fingerprint density at radius 2 is 2.12 bits per heavy atom. The van der Waals surface area contributed by atoms with Crippen molar-refractivity contribution in [3.05, 3.63) is 34.9 Å². The van der Waals surface area contributed by atoms with Crippen molar-refractivity contribution in [2.45, 2.75) is 26.2 Å². The second-order valence-corrected chi connectivity index (χ2v) is 4.45. The number of benzene rings is 1. The minimum Gasteiger partial charge on any atom is -0.375 e. The maximum Gasteiger partial charge on any atom is 0.184 e. The first-order valence-electron chi connectivity index (χ1n) is 5.39. The summed E-state index contributed by atoms with van der Waals surface area (Å²) in [5.74, 6) is 0. The third-order valence-electron chi connectivity index (χ3n) is 2.85. The van der Waals surface area contributed by atoms with Crippen molar-refractivity contribution in [2.75, 3.05) is 0 Å². The van der Waals surface area contributed by atoms with Gasteiger partial charge in [-0.2, -0.15) is 5.10 Å². The lowest BCUT2D eigenvalue weighted by molar-refractivity contribution is 0.911. The lowest BCUT2D eigenvalue weighted by Gasteiger charge is -2.05. The largest absolute Gasteiger partial charge is 0.375 e. The zero-order chi connectivity index (χ0) is 11.5. The van der Waals surface area contributed by atoms with Crippen molar-refractivity contribution in [1.29, 1.82) is 0 Å². The maximum atomic E-state index is 5.32. The number of aryl methyl sites for hydroxylation is 2. The average Bonchev–Trinajstić information content (AvgIpc) is 2.72. The van der Waals surface area contributed by atoms with E-state index in [1.165, 1.54) is 30.4 Å². The number of fused-ring (bicyclic) bond motifs is 1. The summed E-state index contributed by atoms with van der Waals surface area (Å²) in [6.45, 7) is 1.95. The van der Waals surface area contributed by atoms with Crippen LogP contribution in [0.3, 0.4) is 0 Å². The zero-order valence-corrected chi connectivity index (χ0v) is 10.1. The molecule has 1 aliphatic rings. The van der Waals surface area contributed by atoms with Crippen LogP contribution in [-0.2, 0) is 12.8 Å². The number of nitrogens with zero attached hydrogens (tertiary/aromatic N) is 1. The molecule has 0 amide bonds. The molecule has 1 aliphatic carbocycles. The minimum atomic E-state index is 0.195. The standard InChI is InChI=1S/C12H15N3S/c1-8(14-15-12(13)16)10-6-5-9-3-2-4-11(9)7-10/h5-7H,2-4H2,1H3,(H3,13,15,16)/b14-8+. The number of hydrogen-bond acceptors (Lipinski definition) is 2. The topological polar surface area (TPSA) is 50.4 Å². The molecule has 3 nitrogen and oxygen atoms in total. The van der Waals surface area contributed by atoms with Crippen LogP contribution in [0.15, 0.2) is 23.3 Å². The van der Waals surface area contributed by atoms with Gasteiger partial charge in [0, 0.05) is 0 Å². The van der Waals surface area contributed by atoms with Gasteiger partial charge in [0.2, 0.25) is 0 Å². The molecule has 0 saturated heterocycles. The van der Waals surface area contributed by atoms with Crippen LogP contribution < -0.4 is 11.2 Å². The lowest BCUT2D eigenvalue weighted by atomic mass is 10.0. The normalized spacial score (nSPS) is 14.7. The summed E-state index contributed by atoms with van der Waals surface area (Å²) in [4.78, 5) is 0. The van der Waals surface area contributed by atoms with Crippen LogP contribution in [0.1, 0.15) is 30.0 Å². The Kier molecular flexibility index (Phi) is 3.19. The van der Waals surface area contributed by atoms with E-state index in [0.29, 0.717) is 0 Å². The van der Waals surface area contributed by atoms with Gasteiger partial charge in [-0.15, -0.1) is 0 Å². The van der Waals surface area contributed by atoms with E-state index in [4.69, 9.17) is 18.0 Å². The summed E-state index contributed by atoms with van der Waals surface area (Å²) in [6, 6.07) is 6.50. The fraction of sp³-hybridized carbons (Fsp3) is 0.333. The number of thiocarbonyl (C=S) groups is 1. The Hall–Kier alpha value is -1.42. The SMILES string of the molecule is C/C(=N\NC(N)=S)c1ccc2c(c1)CCC2. The summed E-state index contributed by atoms with van der Waals surface area (Å²) in [7, 11) is 0. The highest BCUT2D eigenvalue weighted by atomic mass is 32.1. The van der Waals surface area contributed by atoms with E-state index >= 15 is 0 Å². The Morgan fingerprint density at radius 1 is 1.38 bits per heavy atom. The van der Waals surface area contributed by atoms with Gasteiger partial charge < -0.3 is 5.73 Å². The summed E-state index contributed by atoms with van der Waals surface area (Å²) in [6.07, 6.45) is 3.65. The molecule has 1 aromatic carbocycles. The minimum absolute atomic E-state index is 0.195. The monoisotopic (exact) mass is 233 g/mol. The van der Waals surface area contributed by atoms with E-state index in [-0.39, 0.29) is 5.11 Å². The number of rotatable bonds is 2. The maximum absolute atomic E-state index is 5.32. The van der Waals surface area contributed by atoms with E-state index < -0.39 is 0 Å². The lowest BCUT2D eigenvalue weighted by Crippen LogP contribution is -2.25. The van der Waals surface area contributed by atoms with Crippen molar-refractivity contribution < 1.29 is 0 Å². The van der Waals surface area contributed by atoms with Crippen LogP contribution in [0, 0.1) is 0 Å². The molecule has 0 fully saturated rings. The summed E-state index contributed by atoms with van der Waals surface area (Å²) in [5.41, 5.74) is 12.9. The summed E-state index contributed by atoms with van der Waals surface area (Å²) >= 11 is 4.70. The number of nitrogens with one attached hydrogen (secondary N) is 1. The highest BCUT2D eigenvalue weighted by molar-refractivity contribution is 7.80. The van der Waals surface area contributed by atoms with Crippen LogP contribution in [0.4, 0.5) is 0 Å². The highest BCUT2D eigenvalue weighted by Gasteiger charge is 2.11. The molecule has 1 aromatic rings. The third kappa shape index (κ3) is 2.39. The molecule has 84 valence electrons. The molecule has 0 aliphatic heterocycles. The van der Waals surface area contributed by atoms with Gasteiger partial charge >= 0.3 is 0 Å². The molecule has 2 rings (SSSR count). The third-order valence-corrected chi connectivity index (χ3v) is 2.94. The van der Waals surface area contributed by atoms with E-state index in [0.717, 1.165) is 11.3 Å². The Morgan fingerprint density at radius 3 is 2.88 bits per heavy atom. The molecule has 0 bridgehead atoms. The molecular formula is C12H15N3S. The van der Waals surface area contributed by atoms with E-state index in [2.05, 4.69) is 28.7 Å². The van der Waals surface area contributed by atoms with Crippen molar-refractivity contribution in [3.63, 3.8) is 0 Å². The molecule has 3 N–H and O–H groups in total. The highest BCUT2D eigenvalue weighted by Crippen LogP contribution is 2.22. The van der Waals surface area contributed by atoms with Crippen molar-refractivity contribution >= 4 is 23.0 Å². The first kappa shape index (κ1) is 11.1. The second kappa shape index (κ2) is 4.61. The van der Waals surface area contributed by atoms with Gasteiger partial charge in [-0.3, -0.25) is 5.43 Å². The quantitative estimate of drug-likeness (QED) is 0.465. The predicted octanol–water partition coefficient (Wildman–Crippen LogP) is 1.73. The fourth-order valence-corrected chi connectivity index (χ4v) is 2.05. The zero-order valence-electron chi connectivity index (χ0n) is 9.29. The van der Waals surface area contributed by atoms with Crippen molar-refractivity contribution in [1.82, 2.24) is 5.43 Å². The molecule has 0 heterocycles. The molecule has 0 unspecified atom stereocenters. The summed E-state index contributed by atoms with van der Waals surface area (Å²) in [5, 5.41) is 4.31. The van der Waals surface area contributed by atoms with Crippen LogP contribution in [0.5, 0.6) is 0 Å². The Labute approximate surface area is 101 Å². The van der Waals surface area contributed by atoms with Crippen LogP contribution >= 0.6 is 12.2 Å². The number of nitrogens with two attached hydrogens (primary N) is 1. The first-order valence-corrected chi connectivity index (χ1v) is 5.79. The van der Waals surface area contributed by atoms with Gasteiger partial charge in [0.15, 0.2) is 5.11 Å². The molecule has 16 heavy (non-hydrogen) atoms. The Bertz CT molecular complexity index is 452. The molecule has 0 aromatic heterocycles. The average molecular weight is 233 g/mol. The molecule has 0 atom stereocenters. The fourth-order valence-electron chi connectivity index (χ4n) is 2.00. The van der Waals surface area contributed by atoms with E-state index in [9.17, 15) is 0 Å². The molecular weight excluding hydrogens is 218 g/mol. The van der Waals surface area contributed by atoms with Crippen molar-refractivity contribution in [2.24, 2.45) is 10.8 Å². The molecule has 0 spiro atoms. The molecule has 0 saturated carbocycles. The smallest absolute Gasteiger partial charge is 0.184 e. The number of hydrogen-bond donors (Lipinski definition) is 2. The second-order valence-electron chi connectivity index (χ2n) is 4.01. The molecule has 0 radical (unpaired) electrons. The van der Waals surface area contributed by atoms with Crippen molar-refractivity contribution in [3.8, 4) is 0 Å². The van der Waals surface area contributed by atoms with Gasteiger partial charge in [-0.1, -0.05) is 12.1 Å².